The molecular weight excluding hydrogens is 409 g/mol. The van der Waals surface area contributed by atoms with E-state index in [9.17, 15) is 14.3 Å². The van der Waals surface area contributed by atoms with E-state index in [2.05, 4.69) is 9.80 Å². The first kappa shape index (κ1) is 20.6. The molecule has 0 bridgehead atoms. The van der Waals surface area contributed by atoms with Gasteiger partial charge in [0.05, 0.1) is 11.0 Å². The van der Waals surface area contributed by atoms with Gasteiger partial charge in [-0.15, -0.1) is 0 Å². The Morgan fingerprint density at radius 2 is 1.90 bits per heavy atom. The number of aliphatic carboxylic acids is 1. The summed E-state index contributed by atoms with van der Waals surface area (Å²) in [7, 11) is 0. The number of carboxylic acid groups (broad SMARTS) is 1. The minimum absolute atomic E-state index is 0.383. The highest BCUT2D eigenvalue weighted by Crippen LogP contribution is 2.40. The summed E-state index contributed by atoms with van der Waals surface area (Å²) in [6, 6.07) is 9.60. The molecule has 2 aliphatic rings. The van der Waals surface area contributed by atoms with Crippen molar-refractivity contribution >= 4 is 29.1 Å². The fraction of sp³-hybridized carbons (Fsp3) is 0.364. The Balaban J connectivity index is 1.62. The van der Waals surface area contributed by atoms with Crippen LogP contribution in [0.3, 0.4) is 0 Å². The number of carbonyl (C=O) groups is 1. The molecule has 0 spiro atoms. The summed E-state index contributed by atoms with van der Waals surface area (Å²) in [5, 5.41) is 9.93. The van der Waals surface area contributed by atoms with Crippen molar-refractivity contribution in [2.24, 2.45) is 10.4 Å². The molecule has 0 saturated carbocycles. The van der Waals surface area contributed by atoms with Gasteiger partial charge in [0.2, 0.25) is 0 Å². The van der Waals surface area contributed by atoms with Crippen LogP contribution in [-0.2, 0) is 4.79 Å². The molecule has 158 valence electrons. The summed E-state index contributed by atoms with van der Waals surface area (Å²) in [5.41, 5.74) is 0.488. The highest BCUT2D eigenvalue weighted by atomic mass is 35.5. The van der Waals surface area contributed by atoms with Gasteiger partial charge in [-0.1, -0.05) is 11.6 Å². The van der Waals surface area contributed by atoms with Crippen LogP contribution in [0.2, 0.25) is 5.02 Å². The molecule has 6 nitrogen and oxygen atoms in total. The maximum Gasteiger partial charge on any atom is 0.310 e. The van der Waals surface area contributed by atoms with E-state index < -0.39 is 11.4 Å². The van der Waals surface area contributed by atoms with E-state index in [1.54, 1.807) is 38.1 Å². The number of nitrogens with zero attached hydrogens (tertiary/aromatic N) is 3. The van der Waals surface area contributed by atoms with E-state index in [0.29, 0.717) is 66.3 Å². The van der Waals surface area contributed by atoms with E-state index in [4.69, 9.17) is 21.3 Å². The SMILES string of the molecule is CC(C)(CN1CCN(C2=Nc3cc(Cl)ccc3Oc3cc(F)ccc32)CC1)C(=O)O. The molecule has 1 saturated heterocycles. The quantitative estimate of drug-likeness (QED) is 0.780. The molecule has 2 heterocycles. The first-order valence-electron chi connectivity index (χ1n) is 9.80. The number of ether oxygens (including phenoxy) is 1. The number of halogens is 2. The molecule has 1 fully saturated rings. The number of aliphatic imine (C=N–C) groups is 1. The van der Waals surface area contributed by atoms with Gasteiger partial charge in [-0.2, -0.15) is 0 Å². The van der Waals surface area contributed by atoms with Gasteiger partial charge in [0.1, 0.15) is 23.1 Å². The van der Waals surface area contributed by atoms with Crippen molar-refractivity contribution in [2.75, 3.05) is 32.7 Å². The second kappa shape index (κ2) is 7.89. The second-order valence-electron chi connectivity index (χ2n) is 8.24. The molecule has 8 heteroatoms. The Labute approximate surface area is 179 Å². The lowest BCUT2D eigenvalue weighted by atomic mass is 9.93. The Morgan fingerprint density at radius 3 is 2.60 bits per heavy atom. The molecule has 0 unspecified atom stereocenters. The van der Waals surface area contributed by atoms with Crippen LogP contribution in [0.1, 0.15) is 19.4 Å². The van der Waals surface area contributed by atoms with Gasteiger partial charge < -0.3 is 14.7 Å². The van der Waals surface area contributed by atoms with Gasteiger partial charge in [-0.05, 0) is 44.2 Å². The third-order valence-electron chi connectivity index (χ3n) is 5.42. The average molecular weight is 432 g/mol. The van der Waals surface area contributed by atoms with Gasteiger partial charge in [-0.3, -0.25) is 9.69 Å². The van der Waals surface area contributed by atoms with E-state index in [1.807, 2.05) is 0 Å². The van der Waals surface area contributed by atoms with Crippen molar-refractivity contribution in [3.8, 4) is 11.5 Å². The van der Waals surface area contributed by atoms with Crippen molar-refractivity contribution in [1.29, 1.82) is 0 Å². The van der Waals surface area contributed by atoms with E-state index in [-0.39, 0.29) is 5.82 Å². The number of amidine groups is 1. The third kappa shape index (κ3) is 4.13. The van der Waals surface area contributed by atoms with E-state index >= 15 is 0 Å². The highest BCUT2D eigenvalue weighted by Gasteiger charge is 2.32. The molecule has 0 aromatic heterocycles. The summed E-state index contributed by atoms with van der Waals surface area (Å²) in [5.74, 6) is 0.432. The van der Waals surface area contributed by atoms with Gasteiger partial charge in [-0.25, -0.2) is 9.38 Å². The summed E-state index contributed by atoms with van der Waals surface area (Å²) < 4.78 is 19.9. The van der Waals surface area contributed by atoms with Crippen molar-refractivity contribution < 1.29 is 19.0 Å². The summed E-state index contributed by atoms with van der Waals surface area (Å²) in [6.45, 7) is 6.69. The standard InChI is InChI=1S/C22H23ClFN3O3/c1-22(2,21(28)29)13-26-7-9-27(10-8-26)20-16-5-4-15(24)12-19(16)30-18-6-3-14(23)11-17(18)25-20/h3-6,11-12H,7-10,13H2,1-2H3,(H,28,29). The molecule has 4 rings (SSSR count). The lowest BCUT2D eigenvalue weighted by molar-refractivity contribution is -0.148. The van der Waals surface area contributed by atoms with Crippen LogP contribution in [0.15, 0.2) is 41.4 Å². The van der Waals surface area contributed by atoms with Gasteiger partial charge in [0.15, 0.2) is 5.75 Å². The van der Waals surface area contributed by atoms with Crippen LogP contribution in [0.25, 0.3) is 0 Å². The predicted octanol–water partition coefficient (Wildman–Crippen LogP) is 4.39. The maximum absolute atomic E-state index is 13.9. The first-order chi connectivity index (χ1) is 14.2. The zero-order valence-electron chi connectivity index (χ0n) is 16.9. The fourth-order valence-electron chi connectivity index (χ4n) is 3.71. The van der Waals surface area contributed by atoms with Crippen LogP contribution in [-0.4, -0.2) is 59.4 Å². The Morgan fingerprint density at radius 1 is 1.17 bits per heavy atom. The van der Waals surface area contributed by atoms with Gasteiger partial charge in [0.25, 0.3) is 0 Å². The molecule has 1 N–H and O–H groups in total. The van der Waals surface area contributed by atoms with Crippen molar-refractivity contribution in [3.63, 3.8) is 0 Å². The molecular formula is C22H23ClFN3O3. The number of rotatable bonds is 3. The lowest BCUT2D eigenvalue weighted by Gasteiger charge is -2.38. The molecule has 30 heavy (non-hydrogen) atoms. The lowest BCUT2D eigenvalue weighted by Crippen LogP contribution is -2.52. The van der Waals surface area contributed by atoms with Crippen molar-refractivity contribution in [1.82, 2.24) is 9.80 Å². The predicted molar refractivity (Wildman–Crippen MR) is 114 cm³/mol. The van der Waals surface area contributed by atoms with Crippen molar-refractivity contribution in [2.45, 2.75) is 13.8 Å². The van der Waals surface area contributed by atoms with E-state index in [0.717, 1.165) is 0 Å². The number of hydrogen-bond acceptors (Lipinski definition) is 5. The van der Waals surface area contributed by atoms with Crippen molar-refractivity contribution in [3.05, 3.63) is 52.8 Å². The Kier molecular flexibility index (Phi) is 5.42. The molecule has 0 amide bonds. The molecule has 2 aromatic rings. The summed E-state index contributed by atoms with van der Waals surface area (Å²) in [6.07, 6.45) is 0. The number of carboxylic acids is 1. The molecule has 0 radical (unpaired) electrons. The monoisotopic (exact) mass is 431 g/mol. The number of piperazine rings is 1. The largest absolute Gasteiger partial charge is 0.481 e. The Bertz CT molecular complexity index is 1020. The first-order valence-corrected chi connectivity index (χ1v) is 10.2. The molecule has 2 aromatic carbocycles. The second-order valence-corrected chi connectivity index (χ2v) is 8.68. The van der Waals surface area contributed by atoms with Crippen LogP contribution in [0.5, 0.6) is 11.5 Å². The van der Waals surface area contributed by atoms with Crippen LogP contribution in [0.4, 0.5) is 10.1 Å². The third-order valence-corrected chi connectivity index (χ3v) is 5.66. The van der Waals surface area contributed by atoms with Crippen LogP contribution in [0, 0.1) is 11.2 Å². The molecule has 0 atom stereocenters. The molecule has 0 aliphatic carbocycles. The minimum atomic E-state index is -0.810. The fourth-order valence-corrected chi connectivity index (χ4v) is 3.87. The smallest absolute Gasteiger partial charge is 0.310 e. The zero-order valence-corrected chi connectivity index (χ0v) is 17.6. The normalized spacial score (nSPS) is 16.8. The average Bonchev–Trinajstić information content (AvgIpc) is 2.84. The van der Waals surface area contributed by atoms with Gasteiger partial charge in [0, 0.05) is 43.8 Å². The summed E-state index contributed by atoms with van der Waals surface area (Å²) >= 11 is 6.15. The van der Waals surface area contributed by atoms with Gasteiger partial charge >= 0.3 is 5.97 Å². The van der Waals surface area contributed by atoms with Crippen LogP contribution < -0.4 is 4.74 Å². The number of benzene rings is 2. The highest BCUT2D eigenvalue weighted by molar-refractivity contribution is 6.31. The zero-order chi connectivity index (χ0) is 21.5. The maximum atomic E-state index is 13.9. The summed E-state index contributed by atoms with van der Waals surface area (Å²) in [4.78, 5) is 20.5. The molecule has 2 aliphatic heterocycles. The van der Waals surface area contributed by atoms with E-state index in [1.165, 1.54) is 12.1 Å². The topological polar surface area (TPSA) is 65.4 Å². The number of hydrogen-bond donors (Lipinski definition) is 1. The Hall–Kier alpha value is -2.64. The number of fused-ring (bicyclic) bond motifs is 2. The van der Waals surface area contributed by atoms with Crippen LogP contribution >= 0.6 is 11.6 Å². The minimum Gasteiger partial charge on any atom is -0.481 e.